The Bertz CT molecular complexity index is 1970. The van der Waals surface area contributed by atoms with E-state index in [2.05, 4.69) is 0 Å². The van der Waals surface area contributed by atoms with Crippen LogP contribution in [0.2, 0.25) is 5.02 Å². The lowest BCUT2D eigenvalue weighted by molar-refractivity contribution is -0.436. The van der Waals surface area contributed by atoms with Gasteiger partial charge >= 0.3 is 6.18 Å². The number of carbonyl (C=O) groups excluding carboxylic acids is 1. The van der Waals surface area contributed by atoms with Crippen LogP contribution in [0.25, 0.3) is 0 Å². The number of methoxy groups -OCH3 is 1. The first-order chi connectivity index (χ1) is 26.5. The Morgan fingerprint density at radius 1 is 0.727 bits per heavy atom. The van der Waals surface area contributed by atoms with Gasteiger partial charge < -0.3 is 33.5 Å². The highest BCUT2D eigenvalue weighted by atomic mass is 35.5. The Morgan fingerprint density at radius 2 is 1.25 bits per heavy atom. The minimum absolute atomic E-state index is 0.00668. The van der Waals surface area contributed by atoms with Crippen molar-refractivity contribution in [2.75, 3.05) is 13.7 Å². The average Bonchev–Trinajstić information content (AvgIpc) is 3.20. The van der Waals surface area contributed by atoms with E-state index in [-0.39, 0.29) is 38.3 Å². The van der Waals surface area contributed by atoms with Crippen molar-refractivity contribution in [3.05, 3.63) is 172 Å². The number of hydrogen-bond acceptors (Lipinski definition) is 8. The van der Waals surface area contributed by atoms with Gasteiger partial charge in [-0.2, -0.15) is 13.2 Å². The number of aliphatic hydroxyl groups is 1. The molecular weight excluding hydrogens is 737 g/mol. The summed E-state index contributed by atoms with van der Waals surface area (Å²) in [5.74, 6) is -4.52. The third kappa shape index (κ3) is 10.00. The molecule has 1 saturated heterocycles. The van der Waals surface area contributed by atoms with Gasteiger partial charge in [0.25, 0.3) is 5.79 Å². The molecule has 1 heterocycles. The van der Waals surface area contributed by atoms with Gasteiger partial charge in [0.15, 0.2) is 12.9 Å². The standard InChI is InChI=1S/C43H40ClF3O8/c1-50-43(35-19-22-37(44)34(24-35)23-30-17-20-36(21-18-30)54-29-42(45,46)47)40(53-27-33-15-9-4-10-16-33)38(51-25-31-11-5-2-6-12-31)39(41(49,28-48)55-43)52-26-32-13-7-3-8-14-32/h2-22,24,28,38-40,49H,23,25-27,29H2,1H3/t38-,39-,40+,41+,43-/m0/s1. The second-order valence-electron chi connectivity index (χ2n) is 13.1. The van der Waals surface area contributed by atoms with Crippen molar-refractivity contribution in [3.63, 3.8) is 0 Å². The topological polar surface area (TPSA) is 92.7 Å². The van der Waals surface area contributed by atoms with E-state index in [0.717, 1.165) is 16.7 Å². The smallest absolute Gasteiger partial charge is 0.422 e. The molecule has 1 fully saturated rings. The molecule has 0 aromatic heterocycles. The number of rotatable bonds is 16. The van der Waals surface area contributed by atoms with Crippen LogP contribution in [-0.2, 0) is 60.5 Å². The lowest BCUT2D eigenvalue weighted by atomic mass is 9.85. The van der Waals surface area contributed by atoms with Crippen LogP contribution >= 0.6 is 11.6 Å². The molecule has 1 aliphatic rings. The summed E-state index contributed by atoms with van der Waals surface area (Å²) >= 11 is 6.72. The van der Waals surface area contributed by atoms with Crippen molar-refractivity contribution in [2.45, 2.75) is 62.3 Å². The average molecular weight is 777 g/mol. The molecule has 0 amide bonds. The van der Waals surface area contributed by atoms with Crippen LogP contribution in [0.4, 0.5) is 13.2 Å². The summed E-state index contributed by atoms with van der Waals surface area (Å²) in [6, 6.07) is 39.2. The Hall–Kier alpha value is -4.59. The fourth-order valence-electron chi connectivity index (χ4n) is 6.46. The summed E-state index contributed by atoms with van der Waals surface area (Å²) in [7, 11) is 1.37. The number of hydrogen-bond donors (Lipinski definition) is 1. The van der Waals surface area contributed by atoms with Gasteiger partial charge in [0.1, 0.15) is 24.1 Å². The van der Waals surface area contributed by atoms with Crippen molar-refractivity contribution in [1.82, 2.24) is 0 Å². The van der Waals surface area contributed by atoms with Crippen molar-refractivity contribution < 1.29 is 51.5 Å². The molecule has 1 aliphatic heterocycles. The zero-order valence-electron chi connectivity index (χ0n) is 29.9. The van der Waals surface area contributed by atoms with E-state index in [1.165, 1.54) is 19.2 Å². The van der Waals surface area contributed by atoms with Gasteiger partial charge in [-0.15, -0.1) is 0 Å². The highest BCUT2D eigenvalue weighted by molar-refractivity contribution is 6.31. The third-order valence-electron chi connectivity index (χ3n) is 9.16. The number of benzene rings is 5. The molecule has 8 nitrogen and oxygen atoms in total. The first-order valence-electron chi connectivity index (χ1n) is 17.5. The maximum absolute atomic E-state index is 13.0. The number of carbonyl (C=O) groups is 1. The van der Waals surface area contributed by atoms with E-state index in [9.17, 15) is 23.1 Å². The van der Waals surface area contributed by atoms with Gasteiger partial charge in [-0.05, 0) is 58.5 Å². The normalized spacial score (nSPS) is 22.6. The van der Waals surface area contributed by atoms with Gasteiger partial charge in [-0.3, -0.25) is 4.79 Å². The van der Waals surface area contributed by atoms with E-state index in [0.29, 0.717) is 21.7 Å². The van der Waals surface area contributed by atoms with E-state index < -0.39 is 42.7 Å². The van der Waals surface area contributed by atoms with Crippen LogP contribution in [0, 0.1) is 0 Å². The maximum Gasteiger partial charge on any atom is 0.422 e. The summed E-state index contributed by atoms with van der Waals surface area (Å²) in [4.78, 5) is 13.0. The SMILES string of the molecule is CO[C@@]1(c2ccc(Cl)c(Cc3ccc(OCC(F)(F)F)cc3)c2)O[C@](O)(C=O)[C@@H](OCc2ccccc2)[C@H](OCc2ccccc2)[C@H]1OCc1ccccc1. The first-order valence-corrected chi connectivity index (χ1v) is 17.9. The zero-order chi connectivity index (χ0) is 38.9. The Morgan fingerprint density at radius 3 is 1.76 bits per heavy atom. The van der Waals surface area contributed by atoms with E-state index >= 15 is 0 Å². The third-order valence-corrected chi connectivity index (χ3v) is 9.53. The molecule has 6 rings (SSSR count). The summed E-state index contributed by atoms with van der Waals surface area (Å²) in [6.07, 6.45) is -7.69. The van der Waals surface area contributed by atoms with E-state index in [1.54, 1.807) is 30.3 Å². The minimum atomic E-state index is -4.47. The molecule has 5 atom stereocenters. The fourth-order valence-corrected chi connectivity index (χ4v) is 6.64. The lowest BCUT2D eigenvalue weighted by Crippen LogP contribution is -2.71. The van der Waals surface area contributed by atoms with Crippen molar-refractivity contribution in [3.8, 4) is 5.75 Å². The predicted octanol–water partition coefficient (Wildman–Crippen LogP) is 8.35. The Kier molecular flexibility index (Phi) is 13.1. The quantitative estimate of drug-likeness (QED) is 0.100. The summed E-state index contributed by atoms with van der Waals surface area (Å²) in [5, 5.41) is 12.5. The lowest BCUT2D eigenvalue weighted by Gasteiger charge is -2.53. The van der Waals surface area contributed by atoms with Crippen LogP contribution in [-0.4, -0.2) is 55.4 Å². The molecule has 12 heteroatoms. The fraction of sp³-hybridized carbons (Fsp3) is 0.279. The molecule has 0 bridgehead atoms. The zero-order valence-corrected chi connectivity index (χ0v) is 30.6. The van der Waals surface area contributed by atoms with E-state index in [4.69, 9.17) is 40.0 Å². The molecule has 0 spiro atoms. The second-order valence-corrected chi connectivity index (χ2v) is 13.5. The van der Waals surface area contributed by atoms with Crippen molar-refractivity contribution in [1.29, 1.82) is 0 Å². The molecule has 5 aromatic carbocycles. The van der Waals surface area contributed by atoms with Crippen LogP contribution in [0.5, 0.6) is 5.75 Å². The molecule has 1 N–H and O–H groups in total. The van der Waals surface area contributed by atoms with Gasteiger partial charge in [0.2, 0.25) is 5.79 Å². The molecule has 55 heavy (non-hydrogen) atoms. The summed E-state index contributed by atoms with van der Waals surface area (Å²) in [5.41, 5.74) is 4.07. The predicted molar refractivity (Wildman–Crippen MR) is 198 cm³/mol. The summed E-state index contributed by atoms with van der Waals surface area (Å²) < 4.78 is 75.2. The minimum Gasteiger partial charge on any atom is -0.484 e. The van der Waals surface area contributed by atoms with Gasteiger partial charge in [0.05, 0.1) is 19.8 Å². The summed E-state index contributed by atoms with van der Waals surface area (Å²) in [6.45, 7) is -1.27. The maximum atomic E-state index is 13.0. The van der Waals surface area contributed by atoms with Crippen LogP contribution in [0.15, 0.2) is 133 Å². The van der Waals surface area contributed by atoms with Crippen LogP contribution in [0.1, 0.15) is 33.4 Å². The molecule has 0 radical (unpaired) electrons. The highest BCUT2D eigenvalue weighted by Crippen LogP contribution is 2.47. The number of ether oxygens (including phenoxy) is 6. The highest BCUT2D eigenvalue weighted by Gasteiger charge is 2.64. The number of alkyl halides is 3. The van der Waals surface area contributed by atoms with Gasteiger partial charge in [0, 0.05) is 17.7 Å². The largest absolute Gasteiger partial charge is 0.484 e. The van der Waals surface area contributed by atoms with Gasteiger partial charge in [-0.25, -0.2) is 0 Å². The Labute approximate surface area is 322 Å². The molecule has 5 aromatic rings. The number of aldehydes is 1. The van der Waals surface area contributed by atoms with Crippen LogP contribution in [0.3, 0.4) is 0 Å². The number of halogens is 4. The van der Waals surface area contributed by atoms with Crippen LogP contribution < -0.4 is 4.74 Å². The van der Waals surface area contributed by atoms with Crippen molar-refractivity contribution >= 4 is 17.9 Å². The molecule has 0 saturated carbocycles. The molecular formula is C43H40ClF3O8. The first kappa shape index (κ1) is 40.1. The Balaban J connectivity index is 1.40. The monoisotopic (exact) mass is 776 g/mol. The molecule has 0 aliphatic carbocycles. The van der Waals surface area contributed by atoms with Crippen molar-refractivity contribution in [2.24, 2.45) is 0 Å². The molecule has 288 valence electrons. The molecule has 0 unspecified atom stereocenters. The van der Waals surface area contributed by atoms with Gasteiger partial charge in [-0.1, -0.05) is 121 Å². The van der Waals surface area contributed by atoms with E-state index in [1.807, 2.05) is 91.0 Å². The second kappa shape index (κ2) is 17.9.